The maximum Gasteiger partial charge on any atom is 0.231 e. The van der Waals surface area contributed by atoms with Gasteiger partial charge < -0.3 is 10.2 Å². The van der Waals surface area contributed by atoms with Crippen LogP contribution in [0.5, 0.6) is 0 Å². The zero-order valence-electron chi connectivity index (χ0n) is 16.9. The largest absolute Gasteiger partial charge is 0.352 e. The number of anilines is 1. The summed E-state index contributed by atoms with van der Waals surface area (Å²) >= 11 is 0. The minimum Gasteiger partial charge on any atom is -0.352 e. The van der Waals surface area contributed by atoms with Gasteiger partial charge >= 0.3 is 0 Å². The van der Waals surface area contributed by atoms with Gasteiger partial charge in [-0.05, 0) is 45.7 Å². The van der Waals surface area contributed by atoms with Gasteiger partial charge in [-0.1, -0.05) is 6.07 Å². The van der Waals surface area contributed by atoms with Crippen LogP contribution in [0.2, 0.25) is 0 Å². The molecule has 28 heavy (non-hydrogen) atoms. The molecule has 1 fully saturated rings. The van der Waals surface area contributed by atoms with E-state index in [9.17, 15) is 4.79 Å². The van der Waals surface area contributed by atoms with Gasteiger partial charge in [-0.15, -0.1) is 10.2 Å². The van der Waals surface area contributed by atoms with Crippen LogP contribution in [0.1, 0.15) is 35.5 Å². The van der Waals surface area contributed by atoms with E-state index in [2.05, 4.69) is 29.9 Å². The fourth-order valence-corrected chi connectivity index (χ4v) is 4.05. The van der Waals surface area contributed by atoms with Gasteiger partial charge in [0.2, 0.25) is 11.9 Å². The molecule has 8 heteroatoms. The molecule has 0 bridgehead atoms. The molecule has 1 aliphatic heterocycles. The Kier molecular flexibility index (Phi) is 4.78. The summed E-state index contributed by atoms with van der Waals surface area (Å²) in [7, 11) is 1.93. The number of nitrogens with one attached hydrogen (secondary N) is 1. The van der Waals surface area contributed by atoms with E-state index in [-0.39, 0.29) is 11.8 Å². The lowest BCUT2D eigenvalue weighted by atomic mass is 9.97. The number of hydrogen-bond acceptors (Lipinski definition) is 5. The summed E-state index contributed by atoms with van der Waals surface area (Å²) in [5.41, 5.74) is 5.09. The highest BCUT2D eigenvalue weighted by atomic mass is 16.1. The zero-order valence-corrected chi connectivity index (χ0v) is 16.9. The molecule has 1 N–H and O–H groups in total. The molecule has 1 amide bonds. The van der Waals surface area contributed by atoms with E-state index in [0.717, 1.165) is 53.6 Å². The van der Waals surface area contributed by atoms with Crippen LogP contribution in [0.4, 0.5) is 5.95 Å². The average molecular weight is 381 g/mol. The van der Waals surface area contributed by atoms with Crippen molar-refractivity contribution in [3.63, 3.8) is 0 Å². The Bertz CT molecular complexity index is 1020. The maximum absolute atomic E-state index is 12.8. The minimum absolute atomic E-state index is 0.0533. The van der Waals surface area contributed by atoms with Gasteiger partial charge in [0.15, 0.2) is 5.65 Å². The molecule has 1 saturated heterocycles. The summed E-state index contributed by atoms with van der Waals surface area (Å²) in [6.45, 7) is 8.13. The van der Waals surface area contributed by atoms with Crippen molar-refractivity contribution in [1.82, 2.24) is 29.7 Å². The predicted molar refractivity (Wildman–Crippen MR) is 107 cm³/mol. The summed E-state index contributed by atoms with van der Waals surface area (Å²) < 4.78 is 3.92. The highest BCUT2D eigenvalue weighted by molar-refractivity contribution is 5.79. The highest BCUT2D eigenvalue weighted by Crippen LogP contribution is 2.24. The molecule has 1 aliphatic rings. The molecule has 3 aromatic rings. The second-order valence-electron chi connectivity index (χ2n) is 7.64. The Balaban J connectivity index is 1.46. The SMILES string of the molecule is Cc1nn(C)c(C)c1CNC(=O)C1CCCN(c2nnc3cccc(C)n23)C1. The molecule has 4 heterocycles. The lowest BCUT2D eigenvalue weighted by Gasteiger charge is -2.32. The van der Waals surface area contributed by atoms with Gasteiger partial charge in [0.25, 0.3) is 0 Å². The van der Waals surface area contributed by atoms with Crippen molar-refractivity contribution in [1.29, 1.82) is 0 Å². The standard InChI is InChI=1S/C20H27N7O/c1-13-7-5-9-18-22-23-20(27(13)18)26-10-6-8-16(12-26)19(28)21-11-17-14(2)24-25(4)15(17)3/h5,7,9,16H,6,8,10-12H2,1-4H3,(H,21,28). The van der Waals surface area contributed by atoms with Crippen LogP contribution in [-0.4, -0.2) is 43.4 Å². The molecule has 1 unspecified atom stereocenters. The first-order chi connectivity index (χ1) is 13.5. The second kappa shape index (κ2) is 7.26. The van der Waals surface area contributed by atoms with Crippen molar-refractivity contribution in [3.05, 3.63) is 40.8 Å². The van der Waals surface area contributed by atoms with Gasteiger partial charge in [0, 0.05) is 43.6 Å². The number of nitrogens with zero attached hydrogens (tertiary/aromatic N) is 6. The van der Waals surface area contributed by atoms with Crippen LogP contribution in [0.25, 0.3) is 5.65 Å². The molecule has 4 rings (SSSR count). The summed E-state index contributed by atoms with van der Waals surface area (Å²) in [4.78, 5) is 15.0. The Morgan fingerprint density at radius 3 is 2.82 bits per heavy atom. The Morgan fingerprint density at radius 1 is 1.25 bits per heavy atom. The van der Waals surface area contributed by atoms with E-state index in [1.807, 2.05) is 50.7 Å². The number of rotatable bonds is 4. The van der Waals surface area contributed by atoms with Crippen LogP contribution < -0.4 is 10.2 Å². The molecule has 0 spiro atoms. The number of amides is 1. The fourth-order valence-electron chi connectivity index (χ4n) is 4.05. The monoisotopic (exact) mass is 381 g/mol. The number of hydrogen-bond donors (Lipinski definition) is 1. The molecule has 0 saturated carbocycles. The topological polar surface area (TPSA) is 80.3 Å². The van der Waals surface area contributed by atoms with E-state index in [1.165, 1.54) is 0 Å². The lowest BCUT2D eigenvalue weighted by Crippen LogP contribution is -2.43. The van der Waals surface area contributed by atoms with Crippen LogP contribution >= 0.6 is 0 Å². The first-order valence-corrected chi connectivity index (χ1v) is 9.78. The third kappa shape index (κ3) is 3.23. The van der Waals surface area contributed by atoms with Gasteiger partial charge in [-0.25, -0.2) is 0 Å². The van der Waals surface area contributed by atoms with E-state index >= 15 is 0 Å². The quantitative estimate of drug-likeness (QED) is 0.747. The Hall–Kier alpha value is -2.90. The van der Waals surface area contributed by atoms with E-state index in [1.54, 1.807) is 0 Å². The molecule has 1 atom stereocenters. The minimum atomic E-state index is -0.0533. The van der Waals surface area contributed by atoms with E-state index in [0.29, 0.717) is 13.1 Å². The van der Waals surface area contributed by atoms with Gasteiger partial charge in [0.05, 0.1) is 11.6 Å². The van der Waals surface area contributed by atoms with Crippen molar-refractivity contribution in [3.8, 4) is 0 Å². The Labute approximate surface area is 164 Å². The molecule has 0 aromatic carbocycles. The summed E-state index contributed by atoms with van der Waals surface area (Å²) in [6.07, 6.45) is 1.85. The molecular weight excluding hydrogens is 354 g/mol. The smallest absolute Gasteiger partial charge is 0.231 e. The number of carbonyl (C=O) groups excluding carboxylic acids is 1. The number of fused-ring (bicyclic) bond motifs is 1. The van der Waals surface area contributed by atoms with Crippen LogP contribution in [0.3, 0.4) is 0 Å². The van der Waals surface area contributed by atoms with Crippen molar-refractivity contribution >= 4 is 17.5 Å². The Morgan fingerprint density at radius 2 is 2.07 bits per heavy atom. The fraction of sp³-hybridized carbons (Fsp3) is 0.500. The molecule has 3 aromatic heterocycles. The van der Waals surface area contributed by atoms with Crippen molar-refractivity contribution in [2.45, 2.75) is 40.2 Å². The zero-order chi connectivity index (χ0) is 19.8. The summed E-state index contributed by atoms with van der Waals surface area (Å²) in [6, 6.07) is 5.99. The van der Waals surface area contributed by atoms with Crippen molar-refractivity contribution < 1.29 is 4.79 Å². The number of piperidine rings is 1. The van der Waals surface area contributed by atoms with E-state index < -0.39 is 0 Å². The molecule has 8 nitrogen and oxygen atoms in total. The van der Waals surface area contributed by atoms with Gasteiger partial charge in [-0.3, -0.25) is 13.9 Å². The molecular formula is C20H27N7O. The van der Waals surface area contributed by atoms with Gasteiger partial charge in [-0.2, -0.15) is 5.10 Å². The van der Waals surface area contributed by atoms with Crippen molar-refractivity contribution in [2.75, 3.05) is 18.0 Å². The molecule has 148 valence electrons. The van der Waals surface area contributed by atoms with Crippen LogP contribution in [0.15, 0.2) is 18.2 Å². The average Bonchev–Trinajstić information content (AvgIpc) is 3.22. The number of carbonyl (C=O) groups is 1. The van der Waals surface area contributed by atoms with Crippen molar-refractivity contribution in [2.24, 2.45) is 13.0 Å². The lowest BCUT2D eigenvalue weighted by molar-refractivity contribution is -0.125. The first kappa shape index (κ1) is 18.5. The van der Waals surface area contributed by atoms with E-state index in [4.69, 9.17) is 0 Å². The predicted octanol–water partition coefficient (Wildman–Crippen LogP) is 1.92. The molecule has 0 aliphatic carbocycles. The summed E-state index contributed by atoms with van der Waals surface area (Å²) in [5, 5.41) is 16.2. The number of pyridine rings is 1. The number of aromatic nitrogens is 5. The third-order valence-corrected chi connectivity index (χ3v) is 5.78. The maximum atomic E-state index is 12.8. The highest BCUT2D eigenvalue weighted by Gasteiger charge is 2.28. The molecule has 0 radical (unpaired) electrons. The summed E-state index contributed by atoms with van der Waals surface area (Å²) in [5.74, 6) is 0.866. The van der Waals surface area contributed by atoms with Crippen LogP contribution in [0, 0.1) is 26.7 Å². The third-order valence-electron chi connectivity index (χ3n) is 5.78. The first-order valence-electron chi connectivity index (χ1n) is 9.78. The second-order valence-corrected chi connectivity index (χ2v) is 7.64. The number of aryl methyl sites for hydroxylation is 3. The normalized spacial score (nSPS) is 17.3. The van der Waals surface area contributed by atoms with Crippen LogP contribution in [-0.2, 0) is 18.4 Å². The van der Waals surface area contributed by atoms with Gasteiger partial charge in [0.1, 0.15) is 0 Å².